The number of imide groups is 2. The number of piperidine rings is 1. The van der Waals surface area contributed by atoms with Gasteiger partial charge in [0.05, 0.1) is 33.2 Å². The number of anilines is 3. The van der Waals surface area contributed by atoms with Crippen LogP contribution in [0.2, 0.25) is 0 Å². The van der Waals surface area contributed by atoms with Crippen molar-refractivity contribution in [2.45, 2.75) is 94.2 Å². The van der Waals surface area contributed by atoms with Crippen molar-refractivity contribution < 1.29 is 41.5 Å². The average molecular weight is 821 g/mol. The highest BCUT2D eigenvalue weighted by Crippen LogP contribution is 2.40. The summed E-state index contributed by atoms with van der Waals surface area (Å²) >= 11 is 0. The number of alkyl halides is 2. The Kier molecular flexibility index (Phi) is 11.1. The van der Waals surface area contributed by atoms with Crippen molar-refractivity contribution in [3.05, 3.63) is 81.3 Å². The number of hydrogen-bond donors (Lipinski definition) is 5. The fourth-order valence-corrected chi connectivity index (χ4v) is 9.01. The quantitative estimate of drug-likeness (QED) is 0.0892. The van der Waals surface area contributed by atoms with Crippen LogP contribution in [0, 0.1) is 6.92 Å². The highest BCUT2D eigenvalue weighted by atomic mass is 32.2. The van der Waals surface area contributed by atoms with Crippen molar-refractivity contribution in [3.8, 4) is 0 Å². The van der Waals surface area contributed by atoms with Gasteiger partial charge in [-0.3, -0.25) is 38.8 Å². The number of rotatable bonds is 14. The molecule has 1 saturated carbocycles. The van der Waals surface area contributed by atoms with Crippen molar-refractivity contribution in [1.29, 1.82) is 0 Å². The van der Waals surface area contributed by atoms with Gasteiger partial charge in [-0.1, -0.05) is 12.5 Å². The zero-order chi connectivity index (χ0) is 41.5. The van der Waals surface area contributed by atoms with Gasteiger partial charge in [-0.2, -0.15) is 4.98 Å². The number of nitrogens with one attached hydrogen (secondary N) is 4. The summed E-state index contributed by atoms with van der Waals surface area (Å²) in [4.78, 5) is 73.3. The van der Waals surface area contributed by atoms with Crippen molar-refractivity contribution in [2.75, 3.05) is 23.7 Å². The molecule has 1 aliphatic carbocycles. The lowest BCUT2D eigenvalue weighted by Gasteiger charge is -2.28. The molecule has 4 aromatic rings. The maximum atomic E-state index is 13.8. The summed E-state index contributed by atoms with van der Waals surface area (Å²) < 4.78 is 57.7. The van der Waals surface area contributed by atoms with E-state index in [1.54, 1.807) is 32.0 Å². The van der Waals surface area contributed by atoms with Gasteiger partial charge in [0, 0.05) is 42.5 Å². The number of pyridine rings is 1. The van der Waals surface area contributed by atoms with Crippen LogP contribution in [0.15, 0.2) is 58.4 Å². The van der Waals surface area contributed by atoms with E-state index in [0.29, 0.717) is 62.0 Å². The van der Waals surface area contributed by atoms with Crippen LogP contribution in [-0.2, 0) is 19.6 Å². The normalized spacial score (nSPS) is 20.9. The molecule has 5 N–H and O–H groups in total. The van der Waals surface area contributed by atoms with E-state index in [1.165, 1.54) is 24.4 Å². The Balaban J connectivity index is 0.936. The molecule has 2 aromatic heterocycles. The van der Waals surface area contributed by atoms with Gasteiger partial charge >= 0.3 is 0 Å². The molecule has 2 aliphatic heterocycles. The Hall–Kier alpha value is -5.66. The molecule has 4 heterocycles. The van der Waals surface area contributed by atoms with Gasteiger partial charge < -0.3 is 15.7 Å². The number of unbranched alkanes of at least 4 members (excludes halogenated alkanes) is 2. The van der Waals surface area contributed by atoms with E-state index >= 15 is 0 Å². The first kappa shape index (κ1) is 40.5. The van der Waals surface area contributed by atoms with Crippen LogP contribution in [-0.4, -0.2) is 81.3 Å². The SMILES string of the molecule is Cc1cc(S(=O)(=O)NCCCCCNc2cccc3c2C(=O)N(C2CCC(=O)NC2=O)C3=O)ccc1Nc1ncc2cc(C(F)F)c(=O)n([C@@H]3CCC[C@@]3(C)O)c2n1. The predicted molar refractivity (Wildman–Crippen MR) is 207 cm³/mol. The first-order chi connectivity index (χ1) is 27.6. The summed E-state index contributed by atoms with van der Waals surface area (Å²) in [6.07, 6.45) is 1.52. The number of carbonyl (C=O) groups excluding carboxylic acids is 4. The lowest BCUT2D eigenvalue weighted by Crippen LogP contribution is -2.54. The van der Waals surface area contributed by atoms with Gasteiger partial charge in [0.15, 0.2) is 0 Å². The van der Waals surface area contributed by atoms with E-state index in [-0.39, 0.29) is 52.4 Å². The Morgan fingerprint density at radius 2 is 1.78 bits per heavy atom. The number of halogens is 2. The number of hydrogen-bond acceptors (Lipinski definition) is 12. The number of fused-ring (bicyclic) bond motifs is 2. The van der Waals surface area contributed by atoms with Gasteiger partial charge in [0.25, 0.3) is 23.8 Å². The first-order valence-corrected chi connectivity index (χ1v) is 20.4. The molecule has 306 valence electrons. The average Bonchev–Trinajstić information content (AvgIpc) is 3.65. The molecule has 2 fully saturated rings. The van der Waals surface area contributed by atoms with E-state index < -0.39 is 68.9 Å². The molecule has 0 bridgehead atoms. The zero-order valence-corrected chi connectivity index (χ0v) is 32.5. The Morgan fingerprint density at radius 3 is 2.48 bits per heavy atom. The number of nitrogens with zero attached hydrogens (tertiary/aromatic N) is 4. The van der Waals surface area contributed by atoms with E-state index in [4.69, 9.17) is 0 Å². The van der Waals surface area contributed by atoms with Crippen LogP contribution < -0.4 is 26.2 Å². The van der Waals surface area contributed by atoms with Gasteiger partial charge in [0.1, 0.15) is 11.7 Å². The molecule has 3 atom stereocenters. The molecule has 0 radical (unpaired) electrons. The van der Waals surface area contributed by atoms with Gasteiger partial charge in [-0.15, -0.1) is 0 Å². The van der Waals surface area contributed by atoms with Crippen LogP contribution in [0.5, 0.6) is 0 Å². The molecule has 4 amide bonds. The summed E-state index contributed by atoms with van der Waals surface area (Å²) in [5, 5.41) is 19.6. The van der Waals surface area contributed by atoms with Crippen LogP contribution in [0.4, 0.5) is 26.1 Å². The third-order valence-corrected chi connectivity index (χ3v) is 12.4. The minimum Gasteiger partial charge on any atom is -0.388 e. The summed E-state index contributed by atoms with van der Waals surface area (Å²) in [6, 6.07) is 8.47. The topological polar surface area (TPSA) is 222 Å². The third kappa shape index (κ3) is 7.80. The zero-order valence-electron chi connectivity index (χ0n) is 31.7. The lowest BCUT2D eigenvalue weighted by atomic mass is 9.99. The van der Waals surface area contributed by atoms with Crippen molar-refractivity contribution in [3.63, 3.8) is 0 Å². The lowest BCUT2D eigenvalue weighted by molar-refractivity contribution is -0.136. The molecule has 1 unspecified atom stereocenters. The number of amides is 4. The highest BCUT2D eigenvalue weighted by Gasteiger charge is 2.46. The molecular weight excluding hydrogens is 779 g/mol. The number of carbonyl (C=O) groups is 4. The van der Waals surface area contributed by atoms with Gasteiger partial charge in [-0.25, -0.2) is 26.9 Å². The van der Waals surface area contributed by atoms with Crippen LogP contribution >= 0.6 is 0 Å². The second-order valence-corrected chi connectivity index (χ2v) is 16.7. The van der Waals surface area contributed by atoms with Crippen LogP contribution in [0.3, 0.4) is 0 Å². The fourth-order valence-electron chi connectivity index (χ4n) is 7.85. The largest absolute Gasteiger partial charge is 0.388 e. The Labute approximate surface area is 331 Å². The number of aliphatic hydroxyl groups is 1. The summed E-state index contributed by atoms with van der Waals surface area (Å²) in [5.74, 6) is -2.30. The van der Waals surface area contributed by atoms with E-state index in [9.17, 15) is 46.3 Å². The van der Waals surface area contributed by atoms with Crippen LogP contribution in [0.25, 0.3) is 11.0 Å². The maximum absolute atomic E-state index is 13.8. The fraction of sp³-hybridized carbons (Fsp3) is 0.410. The number of aryl methyl sites for hydroxylation is 1. The molecule has 58 heavy (non-hydrogen) atoms. The molecule has 7 rings (SSSR count). The standard InChI is InChI=1S/C39H42F2N8O8S/c1-21-18-23(11-12-26(21)45-38-43-20-22-19-25(32(40)41)36(53)49(33(22)47-38)29-10-7-15-39(29,2)55)58(56,57)44-17-5-3-4-16-42-27-9-6-8-24-31(27)37(54)48(35(24)52)28-13-14-30(50)46-34(28)51/h6,8-9,11-12,18-20,28-29,32,42,44,55H,3-5,7,10,13-17H2,1-2H3,(H,43,45,47)(H,46,50,51)/t28?,29-,39-/m1/s1. The molecule has 19 heteroatoms. The maximum Gasteiger partial charge on any atom is 0.269 e. The Bertz CT molecular complexity index is 2510. The minimum atomic E-state index is -3.89. The molecular formula is C39H42F2N8O8S. The smallest absolute Gasteiger partial charge is 0.269 e. The molecule has 16 nitrogen and oxygen atoms in total. The first-order valence-electron chi connectivity index (χ1n) is 19.0. The van der Waals surface area contributed by atoms with Crippen molar-refractivity contribution >= 4 is 62.0 Å². The van der Waals surface area contributed by atoms with E-state index in [2.05, 4.69) is 30.6 Å². The number of benzene rings is 2. The van der Waals surface area contributed by atoms with Crippen LogP contribution in [0.1, 0.15) is 103 Å². The summed E-state index contributed by atoms with van der Waals surface area (Å²) in [6.45, 7) is 3.84. The third-order valence-electron chi connectivity index (χ3n) is 10.9. The minimum absolute atomic E-state index is 0.0229. The Morgan fingerprint density at radius 1 is 1.00 bits per heavy atom. The van der Waals surface area contributed by atoms with E-state index in [1.807, 2.05) is 0 Å². The van der Waals surface area contributed by atoms with Crippen molar-refractivity contribution in [1.82, 2.24) is 29.5 Å². The predicted octanol–water partition coefficient (Wildman–Crippen LogP) is 4.22. The second-order valence-electron chi connectivity index (χ2n) is 15.0. The van der Waals surface area contributed by atoms with E-state index in [0.717, 1.165) is 15.5 Å². The van der Waals surface area contributed by atoms with Crippen molar-refractivity contribution in [2.24, 2.45) is 0 Å². The second kappa shape index (κ2) is 15.9. The number of aromatic nitrogens is 3. The summed E-state index contributed by atoms with van der Waals surface area (Å²) in [7, 11) is -3.89. The molecule has 2 aromatic carbocycles. The van der Waals surface area contributed by atoms with Gasteiger partial charge in [0.2, 0.25) is 27.8 Å². The monoisotopic (exact) mass is 820 g/mol. The molecule has 0 spiro atoms. The summed E-state index contributed by atoms with van der Waals surface area (Å²) in [5.41, 5.74) is -1.07. The van der Waals surface area contributed by atoms with Gasteiger partial charge in [-0.05, 0) is 94.3 Å². The molecule has 1 saturated heterocycles. The highest BCUT2D eigenvalue weighted by molar-refractivity contribution is 7.89. The molecule has 3 aliphatic rings. The number of sulfonamides is 1.